The summed E-state index contributed by atoms with van der Waals surface area (Å²) in [4.78, 5) is 24.3. The number of ether oxygens (including phenoxy) is 1. The molecule has 2 aliphatic heterocycles. The number of nitrogens with zero attached hydrogens (tertiary/aromatic N) is 3. The Hall–Kier alpha value is -2.58. The van der Waals surface area contributed by atoms with Crippen LogP contribution < -0.4 is 5.32 Å². The first-order valence-electron chi connectivity index (χ1n) is 13.2. The molecule has 37 heavy (non-hydrogen) atoms. The van der Waals surface area contributed by atoms with E-state index in [0.717, 1.165) is 65.8 Å². The Labute approximate surface area is 222 Å². The third-order valence-corrected chi connectivity index (χ3v) is 9.14. The van der Waals surface area contributed by atoms with Gasteiger partial charge in [0, 0.05) is 40.3 Å². The highest BCUT2D eigenvalue weighted by molar-refractivity contribution is 6.32. The van der Waals surface area contributed by atoms with E-state index in [-0.39, 0.29) is 23.3 Å². The van der Waals surface area contributed by atoms with Crippen molar-refractivity contribution in [2.75, 3.05) is 31.6 Å². The Morgan fingerprint density at radius 2 is 1.97 bits per heavy atom. The van der Waals surface area contributed by atoms with E-state index in [9.17, 15) is 9.90 Å². The quantitative estimate of drug-likeness (QED) is 0.505. The lowest BCUT2D eigenvalue weighted by molar-refractivity contribution is -0.123. The molecule has 3 fully saturated rings. The maximum Gasteiger partial charge on any atom is 0.229 e. The number of aliphatic hydroxyl groups is 1. The van der Waals surface area contributed by atoms with Crippen molar-refractivity contribution in [2.45, 2.75) is 56.1 Å². The number of likely N-dealkylation sites (tertiary alicyclic amines) is 1. The molecule has 3 aromatic rings. The van der Waals surface area contributed by atoms with E-state index in [4.69, 9.17) is 16.3 Å². The molecule has 0 bridgehead atoms. The fourth-order valence-electron chi connectivity index (χ4n) is 6.20. The monoisotopic (exact) mass is 520 g/mol. The second-order valence-electron chi connectivity index (χ2n) is 11.0. The van der Waals surface area contributed by atoms with Crippen LogP contribution in [0.1, 0.15) is 55.7 Å². The molecule has 2 saturated heterocycles. The summed E-state index contributed by atoms with van der Waals surface area (Å²) in [5.74, 6) is 0.995. The molecule has 7 nitrogen and oxygen atoms in total. The van der Waals surface area contributed by atoms with Crippen LogP contribution in [0, 0.1) is 5.92 Å². The topological polar surface area (TPSA) is 87.6 Å². The smallest absolute Gasteiger partial charge is 0.229 e. The third-order valence-electron chi connectivity index (χ3n) is 8.81. The molecule has 6 rings (SSSR count). The molecule has 1 saturated carbocycles. The summed E-state index contributed by atoms with van der Waals surface area (Å²) in [5, 5.41) is 16.2. The van der Waals surface area contributed by atoms with E-state index in [1.165, 1.54) is 0 Å². The van der Waals surface area contributed by atoms with Crippen molar-refractivity contribution < 1.29 is 14.6 Å². The van der Waals surface area contributed by atoms with Gasteiger partial charge in [0.2, 0.25) is 5.91 Å². The summed E-state index contributed by atoms with van der Waals surface area (Å²) in [5.41, 5.74) is 1.81. The van der Waals surface area contributed by atoms with E-state index in [0.29, 0.717) is 24.9 Å². The number of rotatable bonds is 5. The van der Waals surface area contributed by atoms with Gasteiger partial charge in [-0.25, -0.2) is 4.98 Å². The number of hydrogen-bond donors (Lipinski definition) is 2. The van der Waals surface area contributed by atoms with Crippen LogP contribution in [0.25, 0.3) is 10.8 Å². The highest BCUT2D eigenvalue weighted by Crippen LogP contribution is 2.42. The van der Waals surface area contributed by atoms with Crippen molar-refractivity contribution in [3.05, 3.63) is 65.1 Å². The number of fused-ring (bicyclic) bond motifs is 1. The van der Waals surface area contributed by atoms with Crippen LogP contribution >= 0.6 is 11.6 Å². The van der Waals surface area contributed by atoms with Crippen LogP contribution in [0.4, 0.5) is 5.82 Å². The number of nitrogens with one attached hydrogen (secondary N) is 1. The molecule has 1 aliphatic carbocycles. The fraction of sp³-hybridized carbons (Fsp3) is 0.483. The van der Waals surface area contributed by atoms with Gasteiger partial charge in [-0.05, 0) is 92.9 Å². The van der Waals surface area contributed by atoms with Gasteiger partial charge < -0.3 is 15.2 Å². The molecule has 194 valence electrons. The summed E-state index contributed by atoms with van der Waals surface area (Å²) < 4.78 is 5.55. The number of piperidine rings is 1. The molecule has 4 heterocycles. The molecular weight excluding hydrogens is 488 g/mol. The first-order valence-corrected chi connectivity index (χ1v) is 13.6. The highest BCUT2D eigenvalue weighted by atomic mass is 35.5. The number of halogens is 1. The molecule has 8 heteroatoms. The average molecular weight is 521 g/mol. The van der Waals surface area contributed by atoms with Crippen LogP contribution in [-0.4, -0.2) is 63.8 Å². The largest absolute Gasteiger partial charge is 0.389 e. The lowest BCUT2D eigenvalue weighted by atomic mass is 9.71. The van der Waals surface area contributed by atoms with Crippen molar-refractivity contribution in [1.82, 2.24) is 14.9 Å². The van der Waals surface area contributed by atoms with Gasteiger partial charge in [0.25, 0.3) is 0 Å². The highest BCUT2D eigenvalue weighted by Gasteiger charge is 2.45. The minimum Gasteiger partial charge on any atom is -0.389 e. The molecule has 0 radical (unpaired) electrons. The van der Waals surface area contributed by atoms with E-state index in [2.05, 4.69) is 33.2 Å². The number of benzene rings is 1. The maximum atomic E-state index is 13.0. The standard InChI is InChI=1S/C29H33ClN4O3/c1-29(17-37-16-26(29)35)34-10-7-18(8-11-34)23-12-19-14-27(32-15-20(19)13-24(23)30)33-28(36)22-6-5-21(22)25-4-2-3-9-31-25/h2-4,9,12-15,18,21-22,26,35H,5-8,10-11,16-17H2,1H3,(H,32,33,36)/t21?,22?,26-,29+/m0/s1. The van der Waals surface area contributed by atoms with E-state index >= 15 is 0 Å². The summed E-state index contributed by atoms with van der Waals surface area (Å²) in [6.45, 7) is 4.86. The normalized spacial score (nSPS) is 28.8. The molecule has 2 N–H and O–H groups in total. The number of aromatic nitrogens is 2. The number of carbonyl (C=O) groups is 1. The Morgan fingerprint density at radius 3 is 2.65 bits per heavy atom. The predicted octanol–water partition coefficient (Wildman–Crippen LogP) is 4.74. The average Bonchev–Trinajstić information content (AvgIpc) is 3.23. The van der Waals surface area contributed by atoms with Gasteiger partial charge in [0.15, 0.2) is 0 Å². The number of anilines is 1. The molecule has 1 amide bonds. The molecular formula is C29H33ClN4O3. The van der Waals surface area contributed by atoms with Crippen LogP contribution in [0.3, 0.4) is 0 Å². The van der Waals surface area contributed by atoms with Gasteiger partial charge in [0.1, 0.15) is 5.82 Å². The number of pyridine rings is 2. The Bertz CT molecular complexity index is 1300. The minimum atomic E-state index is -0.450. The van der Waals surface area contributed by atoms with Gasteiger partial charge in [0.05, 0.1) is 24.9 Å². The Balaban J connectivity index is 1.16. The lowest BCUT2D eigenvalue weighted by Gasteiger charge is -2.43. The van der Waals surface area contributed by atoms with Gasteiger partial charge in [-0.15, -0.1) is 0 Å². The maximum absolute atomic E-state index is 13.0. The molecule has 3 aliphatic rings. The van der Waals surface area contributed by atoms with Crippen LogP contribution in [0.5, 0.6) is 0 Å². The number of aliphatic hydroxyl groups excluding tert-OH is 1. The van der Waals surface area contributed by atoms with Crippen LogP contribution in [0.15, 0.2) is 48.8 Å². The molecule has 0 spiro atoms. The van der Waals surface area contributed by atoms with E-state index in [1.807, 2.05) is 30.3 Å². The first-order chi connectivity index (χ1) is 17.9. The van der Waals surface area contributed by atoms with Crippen molar-refractivity contribution >= 4 is 34.1 Å². The SMILES string of the molecule is C[C@@]1(N2CCC(c3cc4cc(NC(=O)C5CCC5c5ccccn5)ncc4cc3Cl)CC2)COC[C@@H]1O. The van der Waals surface area contributed by atoms with E-state index in [1.54, 1.807) is 12.4 Å². The zero-order valence-corrected chi connectivity index (χ0v) is 21.8. The van der Waals surface area contributed by atoms with Gasteiger partial charge in [-0.1, -0.05) is 17.7 Å². The van der Waals surface area contributed by atoms with E-state index < -0.39 is 6.10 Å². The Morgan fingerprint density at radius 1 is 1.14 bits per heavy atom. The zero-order chi connectivity index (χ0) is 25.6. The van der Waals surface area contributed by atoms with Crippen LogP contribution in [-0.2, 0) is 9.53 Å². The fourth-order valence-corrected chi connectivity index (χ4v) is 6.53. The summed E-state index contributed by atoms with van der Waals surface area (Å²) in [6.07, 6.45) is 6.90. The van der Waals surface area contributed by atoms with Crippen molar-refractivity contribution in [1.29, 1.82) is 0 Å². The summed E-state index contributed by atoms with van der Waals surface area (Å²) >= 11 is 6.74. The molecule has 4 atom stereocenters. The van der Waals surface area contributed by atoms with Crippen molar-refractivity contribution in [3.8, 4) is 0 Å². The predicted molar refractivity (Wildman–Crippen MR) is 144 cm³/mol. The number of hydrogen-bond acceptors (Lipinski definition) is 6. The first kappa shape index (κ1) is 24.7. The summed E-state index contributed by atoms with van der Waals surface area (Å²) in [6, 6.07) is 12.0. The van der Waals surface area contributed by atoms with Crippen LogP contribution in [0.2, 0.25) is 5.02 Å². The third kappa shape index (κ3) is 4.63. The zero-order valence-electron chi connectivity index (χ0n) is 21.1. The molecule has 1 aromatic carbocycles. The molecule has 2 aromatic heterocycles. The second-order valence-corrected chi connectivity index (χ2v) is 11.4. The van der Waals surface area contributed by atoms with Gasteiger partial charge >= 0.3 is 0 Å². The number of amides is 1. The minimum absolute atomic E-state index is 0.00175. The number of carbonyl (C=O) groups excluding carboxylic acids is 1. The second kappa shape index (κ2) is 9.95. The molecule has 2 unspecified atom stereocenters. The summed E-state index contributed by atoms with van der Waals surface area (Å²) in [7, 11) is 0. The lowest BCUT2D eigenvalue weighted by Crippen LogP contribution is -2.56. The van der Waals surface area contributed by atoms with Crippen molar-refractivity contribution in [3.63, 3.8) is 0 Å². The van der Waals surface area contributed by atoms with Crippen molar-refractivity contribution in [2.24, 2.45) is 5.92 Å². The Kier molecular flexibility index (Phi) is 6.65. The van der Waals surface area contributed by atoms with Gasteiger partial charge in [-0.2, -0.15) is 0 Å². The van der Waals surface area contributed by atoms with Gasteiger partial charge in [-0.3, -0.25) is 14.7 Å².